The number of halogens is 2. The van der Waals surface area contributed by atoms with Crippen molar-refractivity contribution in [2.75, 3.05) is 5.32 Å². The summed E-state index contributed by atoms with van der Waals surface area (Å²) in [5.74, 6) is -0.0962. The van der Waals surface area contributed by atoms with Crippen LogP contribution in [0, 0.1) is 5.82 Å². The molecule has 0 bridgehead atoms. The molecule has 1 amide bonds. The highest BCUT2D eigenvalue weighted by molar-refractivity contribution is 5.97. The predicted molar refractivity (Wildman–Crippen MR) is 101 cm³/mol. The Kier molecular flexibility index (Phi) is 7.87. The predicted octanol–water partition coefficient (Wildman–Crippen LogP) is 4.28. The maximum Gasteiger partial charge on any atom is 0.244 e. The minimum Gasteiger partial charge on any atom is -0.489 e. The van der Waals surface area contributed by atoms with Crippen molar-refractivity contribution in [3.05, 3.63) is 59.9 Å². The van der Waals surface area contributed by atoms with Crippen LogP contribution in [0.3, 0.4) is 0 Å². The lowest BCUT2D eigenvalue weighted by atomic mass is 9.96. The van der Waals surface area contributed by atoms with E-state index in [1.54, 1.807) is 25.1 Å². The fourth-order valence-corrected chi connectivity index (χ4v) is 2.37. The summed E-state index contributed by atoms with van der Waals surface area (Å²) in [5, 5.41) is 2.84. The Morgan fingerprint density at radius 1 is 1.24 bits per heavy atom. The van der Waals surface area contributed by atoms with Crippen LogP contribution in [0.2, 0.25) is 0 Å². The molecular formula is C19H24ClFN2O2. The first kappa shape index (κ1) is 20.9. The Labute approximate surface area is 154 Å². The fourth-order valence-electron chi connectivity index (χ4n) is 2.37. The third-order valence-corrected chi connectivity index (χ3v) is 3.67. The van der Waals surface area contributed by atoms with Crippen molar-refractivity contribution in [3.8, 4) is 5.75 Å². The van der Waals surface area contributed by atoms with Crippen LogP contribution in [-0.2, 0) is 11.4 Å². The summed E-state index contributed by atoms with van der Waals surface area (Å²) in [6.07, 6.45) is 1.45. The fraction of sp³-hybridized carbons (Fsp3) is 0.316. The molecule has 2 aromatic carbocycles. The maximum atomic E-state index is 13.1. The topological polar surface area (TPSA) is 64.4 Å². The van der Waals surface area contributed by atoms with Crippen molar-refractivity contribution in [3.63, 3.8) is 0 Å². The Bertz CT molecular complexity index is 707. The van der Waals surface area contributed by atoms with Crippen LogP contribution in [0.1, 0.15) is 32.3 Å². The molecule has 3 N–H and O–H groups in total. The maximum absolute atomic E-state index is 13.1. The van der Waals surface area contributed by atoms with Crippen molar-refractivity contribution in [2.24, 2.45) is 5.73 Å². The zero-order valence-corrected chi connectivity index (χ0v) is 15.2. The van der Waals surface area contributed by atoms with E-state index in [2.05, 4.69) is 5.32 Å². The van der Waals surface area contributed by atoms with Gasteiger partial charge in [-0.05, 0) is 43.2 Å². The van der Waals surface area contributed by atoms with Gasteiger partial charge in [-0.2, -0.15) is 0 Å². The molecule has 0 fully saturated rings. The Morgan fingerprint density at radius 3 is 2.64 bits per heavy atom. The molecule has 0 saturated heterocycles. The molecule has 2 aromatic rings. The summed E-state index contributed by atoms with van der Waals surface area (Å²) in [4.78, 5) is 12.2. The number of rotatable bonds is 7. The van der Waals surface area contributed by atoms with Crippen LogP contribution >= 0.6 is 12.4 Å². The third kappa shape index (κ3) is 6.36. The van der Waals surface area contributed by atoms with Gasteiger partial charge in [0, 0.05) is 11.8 Å². The number of hydrogen-bond acceptors (Lipinski definition) is 3. The van der Waals surface area contributed by atoms with Gasteiger partial charge < -0.3 is 15.8 Å². The van der Waals surface area contributed by atoms with Crippen LogP contribution in [0.5, 0.6) is 5.75 Å². The van der Waals surface area contributed by atoms with Gasteiger partial charge in [0.25, 0.3) is 0 Å². The normalized spacial score (nSPS) is 12.6. The first-order valence-corrected chi connectivity index (χ1v) is 7.98. The van der Waals surface area contributed by atoms with Gasteiger partial charge >= 0.3 is 0 Å². The first-order chi connectivity index (χ1) is 11.4. The lowest BCUT2D eigenvalue weighted by Gasteiger charge is -2.23. The van der Waals surface area contributed by atoms with E-state index < -0.39 is 5.54 Å². The van der Waals surface area contributed by atoms with Gasteiger partial charge in [-0.1, -0.05) is 31.5 Å². The molecule has 1 atom stereocenters. The molecule has 0 aliphatic carbocycles. The van der Waals surface area contributed by atoms with E-state index in [-0.39, 0.29) is 30.7 Å². The van der Waals surface area contributed by atoms with E-state index in [0.29, 0.717) is 17.9 Å². The van der Waals surface area contributed by atoms with Crippen molar-refractivity contribution in [1.82, 2.24) is 0 Å². The molecule has 25 heavy (non-hydrogen) atoms. The molecule has 0 aliphatic rings. The van der Waals surface area contributed by atoms with Gasteiger partial charge in [0.15, 0.2) is 0 Å². The van der Waals surface area contributed by atoms with E-state index in [9.17, 15) is 9.18 Å². The van der Waals surface area contributed by atoms with Crippen molar-refractivity contribution in [2.45, 2.75) is 38.8 Å². The van der Waals surface area contributed by atoms with E-state index >= 15 is 0 Å². The number of carbonyl (C=O) groups excluding carboxylic acids is 1. The zero-order valence-electron chi connectivity index (χ0n) is 14.4. The minimum absolute atomic E-state index is 0. The van der Waals surface area contributed by atoms with Gasteiger partial charge in [0.1, 0.15) is 18.2 Å². The molecule has 6 heteroatoms. The van der Waals surface area contributed by atoms with Crippen molar-refractivity contribution < 1.29 is 13.9 Å². The first-order valence-electron chi connectivity index (χ1n) is 7.98. The summed E-state index contributed by atoms with van der Waals surface area (Å²) in [7, 11) is 0. The molecule has 0 heterocycles. The molecule has 4 nitrogen and oxygen atoms in total. The SMILES string of the molecule is CCCC(C)(N)C(=O)Nc1cccc(COc2cccc(F)c2)c1.Cl. The molecule has 0 radical (unpaired) electrons. The standard InChI is InChI=1S/C19H23FN2O2.ClH/c1-3-10-19(2,21)18(23)22-16-8-4-6-14(11-16)13-24-17-9-5-7-15(20)12-17;/h4-9,11-12H,3,10,13,21H2,1-2H3,(H,22,23);1H. The average Bonchev–Trinajstić information content (AvgIpc) is 2.53. The van der Waals surface area contributed by atoms with E-state index in [1.165, 1.54) is 12.1 Å². The number of benzene rings is 2. The second-order valence-corrected chi connectivity index (χ2v) is 6.07. The van der Waals surface area contributed by atoms with Crippen LogP contribution in [0.25, 0.3) is 0 Å². The summed E-state index contributed by atoms with van der Waals surface area (Å²) < 4.78 is 18.7. The summed E-state index contributed by atoms with van der Waals surface area (Å²) in [6, 6.07) is 13.3. The second-order valence-electron chi connectivity index (χ2n) is 6.07. The Balaban J connectivity index is 0.00000312. The number of nitrogens with two attached hydrogens (primary N) is 1. The molecular weight excluding hydrogens is 343 g/mol. The number of amides is 1. The molecule has 0 aromatic heterocycles. The van der Waals surface area contributed by atoms with E-state index in [4.69, 9.17) is 10.5 Å². The van der Waals surface area contributed by atoms with Gasteiger partial charge in [0.2, 0.25) is 5.91 Å². The van der Waals surface area contributed by atoms with Crippen LogP contribution in [0.4, 0.5) is 10.1 Å². The third-order valence-electron chi connectivity index (χ3n) is 3.67. The minimum atomic E-state index is -0.900. The summed E-state index contributed by atoms with van der Waals surface area (Å²) >= 11 is 0. The highest BCUT2D eigenvalue weighted by Gasteiger charge is 2.27. The second kappa shape index (κ2) is 9.39. The zero-order chi connectivity index (χ0) is 17.6. The van der Waals surface area contributed by atoms with Gasteiger partial charge in [0.05, 0.1) is 5.54 Å². The molecule has 1 unspecified atom stereocenters. The lowest BCUT2D eigenvalue weighted by molar-refractivity contribution is -0.120. The quantitative estimate of drug-likeness (QED) is 0.768. The number of carbonyl (C=O) groups is 1. The number of ether oxygens (including phenoxy) is 1. The van der Waals surface area contributed by atoms with Gasteiger partial charge in [-0.25, -0.2) is 4.39 Å². The van der Waals surface area contributed by atoms with Crippen molar-refractivity contribution >= 4 is 24.0 Å². The molecule has 2 rings (SSSR count). The number of nitrogens with one attached hydrogen (secondary N) is 1. The van der Waals surface area contributed by atoms with Gasteiger partial charge in [-0.3, -0.25) is 4.79 Å². The van der Waals surface area contributed by atoms with Crippen molar-refractivity contribution in [1.29, 1.82) is 0 Å². The van der Waals surface area contributed by atoms with Gasteiger partial charge in [-0.15, -0.1) is 12.4 Å². The average molecular weight is 367 g/mol. The molecule has 0 spiro atoms. The monoisotopic (exact) mass is 366 g/mol. The largest absolute Gasteiger partial charge is 0.489 e. The molecule has 136 valence electrons. The van der Waals surface area contributed by atoms with Crippen LogP contribution in [-0.4, -0.2) is 11.4 Å². The Morgan fingerprint density at radius 2 is 1.96 bits per heavy atom. The highest BCUT2D eigenvalue weighted by Crippen LogP contribution is 2.18. The molecule has 0 saturated carbocycles. The van der Waals surface area contributed by atoms with E-state index in [0.717, 1.165) is 12.0 Å². The van der Waals surface area contributed by atoms with E-state index in [1.807, 2.05) is 25.1 Å². The number of hydrogen-bond donors (Lipinski definition) is 2. The summed E-state index contributed by atoms with van der Waals surface area (Å²) in [5.41, 5.74) is 6.66. The highest BCUT2D eigenvalue weighted by atomic mass is 35.5. The molecule has 0 aliphatic heterocycles. The smallest absolute Gasteiger partial charge is 0.244 e. The Hall–Kier alpha value is -2.11. The van der Waals surface area contributed by atoms with Crippen LogP contribution < -0.4 is 15.8 Å². The van der Waals surface area contributed by atoms with Crippen LogP contribution in [0.15, 0.2) is 48.5 Å². The lowest BCUT2D eigenvalue weighted by Crippen LogP contribution is -2.48. The summed E-state index contributed by atoms with van der Waals surface area (Å²) in [6.45, 7) is 3.99. The number of anilines is 1.